The lowest BCUT2D eigenvalue weighted by atomic mass is 10.2. The van der Waals surface area contributed by atoms with E-state index in [-0.39, 0.29) is 14.9 Å². The van der Waals surface area contributed by atoms with Gasteiger partial charge in [0.05, 0.1) is 17.7 Å². The van der Waals surface area contributed by atoms with Crippen molar-refractivity contribution >= 4 is 44.6 Å². The summed E-state index contributed by atoms with van der Waals surface area (Å²) >= 11 is 11.9. The molecule has 2 N–H and O–H groups in total. The number of benzene rings is 3. The van der Waals surface area contributed by atoms with Gasteiger partial charge in [0.1, 0.15) is 5.75 Å². The number of para-hydroxylation sites is 1. The van der Waals surface area contributed by atoms with Gasteiger partial charge in [0.2, 0.25) is 0 Å². The molecule has 5 nitrogen and oxygen atoms in total. The third kappa shape index (κ3) is 5.10. The van der Waals surface area contributed by atoms with Crippen molar-refractivity contribution in [3.63, 3.8) is 0 Å². The summed E-state index contributed by atoms with van der Waals surface area (Å²) < 4.78 is 33.4. The molecule has 0 aromatic heterocycles. The standard InChI is InChI=1S/C20H18Cl2N2O3S/c1-27-20-8-7-14(13-23-17-5-3-2-4-6-17)9-19(20)24-28(25,26)18-11-15(21)10-16(22)12-18/h2-12,23-24H,13H2,1H3. The summed E-state index contributed by atoms with van der Waals surface area (Å²) in [5, 5.41) is 3.76. The van der Waals surface area contributed by atoms with E-state index in [0.29, 0.717) is 18.0 Å². The van der Waals surface area contributed by atoms with E-state index in [1.807, 2.05) is 36.4 Å². The average Bonchev–Trinajstić information content (AvgIpc) is 2.66. The highest BCUT2D eigenvalue weighted by Crippen LogP contribution is 2.30. The first-order valence-corrected chi connectivity index (χ1v) is 10.6. The topological polar surface area (TPSA) is 67.4 Å². The summed E-state index contributed by atoms with van der Waals surface area (Å²) in [5.74, 6) is 0.403. The fraction of sp³-hybridized carbons (Fsp3) is 0.100. The van der Waals surface area contributed by atoms with E-state index < -0.39 is 10.0 Å². The lowest BCUT2D eigenvalue weighted by Gasteiger charge is -2.14. The van der Waals surface area contributed by atoms with Crippen LogP contribution in [0.1, 0.15) is 5.56 Å². The number of anilines is 2. The fourth-order valence-corrected chi connectivity index (χ4v) is 4.38. The minimum absolute atomic E-state index is 0.0279. The van der Waals surface area contributed by atoms with Gasteiger partial charge in [-0.2, -0.15) is 0 Å². The number of sulfonamides is 1. The SMILES string of the molecule is COc1ccc(CNc2ccccc2)cc1NS(=O)(=O)c1cc(Cl)cc(Cl)c1. The smallest absolute Gasteiger partial charge is 0.262 e. The molecule has 0 amide bonds. The predicted molar refractivity (Wildman–Crippen MR) is 114 cm³/mol. The molecular weight excluding hydrogens is 419 g/mol. The maximum absolute atomic E-state index is 12.8. The second-order valence-electron chi connectivity index (χ2n) is 5.96. The Morgan fingerprint density at radius 1 is 0.929 bits per heavy atom. The molecule has 3 aromatic carbocycles. The highest BCUT2D eigenvalue weighted by atomic mass is 35.5. The number of ether oxygens (including phenoxy) is 1. The largest absolute Gasteiger partial charge is 0.495 e. The van der Waals surface area contributed by atoms with Crippen LogP contribution in [0.4, 0.5) is 11.4 Å². The predicted octanol–water partition coefficient (Wildman–Crippen LogP) is 5.41. The quantitative estimate of drug-likeness (QED) is 0.518. The Hall–Kier alpha value is -2.41. The van der Waals surface area contributed by atoms with Crippen molar-refractivity contribution in [3.05, 3.63) is 82.3 Å². The van der Waals surface area contributed by atoms with Crippen LogP contribution in [0.2, 0.25) is 10.0 Å². The second-order valence-corrected chi connectivity index (χ2v) is 8.52. The normalized spacial score (nSPS) is 11.1. The van der Waals surface area contributed by atoms with Gasteiger partial charge in [0.25, 0.3) is 10.0 Å². The summed E-state index contributed by atoms with van der Waals surface area (Å²) in [6, 6.07) is 19.2. The molecule has 0 bridgehead atoms. The van der Waals surface area contributed by atoms with Gasteiger partial charge in [0, 0.05) is 22.3 Å². The molecule has 3 rings (SSSR count). The highest BCUT2D eigenvalue weighted by molar-refractivity contribution is 7.92. The number of nitrogens with one attached hydrogen (secondary N) is 2. The molecular formula is C20H18Cl2N2O3S. The van der Waals surface area contributed by atoms with Crippen LogP contribution in [-0.2, 0) is 16.6 Å². The fourth-order valence-electron chi connectivity index (χ4n) is 2.59. The van der Waals surface area contributed by atoms with Crippen molar-refractivity contribution in [1.29, 1.82) is 0 Å². The Balaban J connectivity index is 1.85. The molecule has 0 aliphatic heterocycles. The van der Waals surface area contributed by atoms with Gasteiger partial charge >= 0.3 is 0 Å². The maximum atomic E-state index is 12.8. The van der Waals surface area contributed by atoms with Gasteiger partial charge in [-0.05, 0) is 48.0 Å². The van der Waals surface area contributed by atoms with Crippen molar-refractivity contribution in [2.24, 2.45) is 0 Å². The maximum Gasteiger partial charge on any atom is 0.262 e. The van der Waals surface area contributed by atoms with Gasteiger partial charge in [0.15, 0.2) is 0 Å². The summed E-state index contributed by atoms with van der Waals surface area (Å²) in [6.07, 6.45) is 0. The van der Waals surface area contributed by atoms with E-state index >= 15 is 0 Å². The van der Waals surface area contributed by atoms with Crippen LogP contribution in [-0.4, -0.2) is 15.5 Å². The van der Waals surface area contributed by atoms with Gasteiger partial charge in [-0.1, -0.05) is 47.5 Å². The molecule has 0 atom stereocenters. The number of rotatable bonds is 7. The van der Waals surface area contributed by atoms with E-state index in [1.165, 1.54) is 25.3 Å². The lowest BCUT2D eigenvalue weighted by molar-refractivity contribution is 0.416. The van der Waals surface area contributed by atoms with E-state index in [4.69, 9.17) is 27.9 Å². The van der Waals surface area contributed by atoms with E-state index in [0.717, 1.165) is 11.3 Å². The van der Waals surface area contributed by atoms with Crippen LogP contribution >= 0.6 is 23.2 Å². The average molecular weight is 437 g/mol. The molecule has 0 fully saturated rings. The van der Waals surface area contributed by atoms with Gasteiger partial charge in [-0.25, -0.2) is 8.42 Å². The number of hydrogen-bond acceptors (Lipinski definition) is 4. The molecule has 0 radical (unpaired) electrons. The molecule has 0 saturated carbocycles. The summed E-state index contributed by atoms with van der Waals surface area (Å²) in [6.45, 7) is 0.520. The minimum Gasteiger partial charge on any atom is -0.495 e. The van der Waals surface area contributed by atoms with Crippen LogP contribution < -0.4 is 14.8 Å². The number of methoxy groups -OCH3 is 1. The first-order valence-electron chi connectivity index (χ1n) is 8.32. The molecule has 0 aliphatic carbocycles. The Kier molecular flexibility index (Phi) is 6.34. The highest BCUT2D eigenvalue weighted by Gasteiger charge is 2.18. The molecule has 0 saturated heterocycles. The molecule has 28 heavy (non-hydrogen) atoms. The van der Waals surface area contributed by atoms with Crippen molar-refractivity contribution in [1.82, 2.24) is 0 Å². The lowest BCUT2D eigenvalue weighted by Crippen LogP contribution is -2.14. The molecule has 0 aliphatic rings. The Morgan fingerprint density at radius 3 is 2.25 bits per heavy atom. The van der Waals surface area contributed by atoms with E-state index in [9.17, 15) is 8.42 Å². The Bertz CT molecular complexity index is 1050. The Labute approximate surface area is 174 Å². The molecule has 0 spiro atoms. The summed E-state index contributed by atoms with van der Waals surface area (Å²) in [4.78, 5) is -0.0279. The van der Waals surface area contributed by atoms with Crippen LogP contribution in [0.3, 0.4) is 0 Å². The molecule has 3 aromatic rings. The summed E-state index contributed by atoms with van der Waals surface area (Å²) in [5.41, 5.74) is 2.17. The third-order valence-electron chi connectivity index (χ3n) is 3.93. The van der Waals surface area contributed by atoms with Crippen LogP contribution in [0.5, 0.6) is 5.75 Å². The number of hydrogen-bond donors (Lipinski definition) is 2. The summed E-state index contributed by atoms with van der Waals surface area (Å²) in [7, 11) is -2.42. The third-order valence-corrected chi connectivity index (χ3v) is 5.71. The van der Waals surface area contributed by atoms with E-state index in [2.05, 4.69) is 10.0 Å². The van der Waals surface area contributed by atoms with Gasteiger partial charge in [-0.15, -0.1) is 0 Å². The zero-order valence-corrected chi connectivity index (χ0v) is 17.3. The second kappa shape index (κ2) is 8.73. The molecule has 0 unspecified atom stereocenters. The van der Waals surface area contributed by atoms with Crippen molar-refractivity contribution < 1.29 is 13.2 Å². The molecule has 146 valence electrons. The first-order chi connectivity index (χ1) is 13.4. The van der Waals surface area contributed by atoms with Crippen molar-refractivity contribution in [3.8, 4) is 5.75 Å². The monoisotopic (exact) mass is 436 g/mol. The number of halogens is 2. The van der Waals surface area contributed by atoms with Gasteiger partial charge < -0.3 is 10.1 Å². The van der Waals surface area contributed by atoms with Crippen LogP contribution in [0.15, 0.2) is 71.6 Å². The molecule has 8 heteroatoms. The van der Waals surface area contributed by atoms with Crippen LogP contribution in [0, 0.1) is 0 Å². The van der Waals surface area contributed by atoms with Crippen LogP contribution in [0.25, 0.3) is 0 Å². The Morgan fingerprint density at radius 2 is 1.61 bits per heavy atom. The van der Waals surface area contributed by atoms with Crippen molar-refractivity contribution in [2.45, 2.75) is 11.4 Å². The zero-order chi connectivity index (χ0) is 20.1. The van der Waals surface area contributed by atoms with Crippen molar-refractivity contribution in [2.75, 3.05) is 17.1 Å². The first kappa shape index (κ1) is 20.3. The molecule has 0 heterocycles. The van der Waals surface area contributed by atoms with E-state index in [1.54, 1.807) is 12.1 Å². The van der Waals surface area contributed by atoms with Gasteiger partial charge in [-0.3, -0.25) is 4.72 Å². The minimum atomic E-state index is -3.89. The zero-order valence-electron chi connectivity index (χ0n) is 14.9.